The van der Waals surface area contributed by atoms with E-state index >= 15 is 0 Å². The van der Waals surface area contributed by atoms with E-state index in [4.69, 9.17) is 18.6 Å². The number of thioether (sulfide) groups is 1. The van der Waals surface area contributed by atoms with Gasteiger partial charge in [-0.3, -0.25) is 0 Å². The first-order chi connectivity index (χ1) is 13.7. The molecule has 0 saturated heterocycles. The van der Waals surface area contributed by atoms with E-state index in [1.54, 1.807) is 39.4 Å². The molecule has 1 N–H and O–H groups in total. The van der Waals surface area contributed by atoms with Crippen molar-refractivity contribution in [2.75, 3.05) is 26.6 Å². The highest BCUT2D eigenvalue weighted by molar-refractivity contribution is 7.99. The second-order valence-electron chi connectivity index (χ2n) is 6.18. The van der Waals surface area contributed by atoms with Crippen molar-refractivity contribution in [2.24, 2.45) is 0 Å². The van der Waals surface area contributed by atoms with Crippen LogP contribution in [0, 0.1) is 0 Å². The normalized spacial score (nSPS) is 15.7. The minimum atomic E-state index is 0.0185. The zero-order valence-electron chi connectivity index (χ0n) is 15.9. The van der Waals surface area contributed by atoms with E-state index in [-0.39, 0.29) is 5.25 Å². The summed E-state index contributed by atoms with van der Waals surface area (Å²) >= 11 is 1.75. The molecule has 2 aromatic carbocycles. The molecule has 0 saturated carbocycles. The molecule has 1 unspecified atom stereocenters. The third-order valence-corrected chi connectivity index (χ3v) is 5.80. The first-order valence-corrected chi connectivity index (χ1v) is 9.69. The smallest absolute Gasteiger partial charge is 0.203 e. The van der Waals surface area contributed by atoms with Gasteiger partial charge in [0.1, 0.15) is 5.76 Å². The van der Waals surface area contributed by atoms with Gasteiger partial charge < -0.3 is 23.9 Å². The van der Waals surface area contributed by atoms with Crippen molar-refractivity contribution in [1.29, 1.82) is 0 Å². The highest BCUT2D eigenvalue weighted by atomic mass is 32.2. The van der Waals surface area contributed by atoms with Gasteiger partial charge in [-0.2, -0.15) is 0 Å². The Morgan fingerprint density at radius 1 is 0.929 bits per heavy atom. The lowest BCUT2D eigenvalue weighted by molar-refractivity contribution is 0.324. The zero-order valence-corrected chi connectivity index (χ0v) is 16.7. The molecule has 5 nitrogen and oxygen atoms in total. The Kier molecular flexibility index (Phi) is 5.21. The maximum atomic E-state index is 5.64. The van der Waals surface area contributed by atoms with E-state index in [1.165, 1.54) is 0 Å². The van der Waals surface area contributed by atoms with E-state index < -0.39 is 0 Å². The van der Waals surface area contributed by atoms with Crippen LogP contribution in [-0.4, -0.2) is 21.3 Å². The number of ether oxygens (including phenoxy) is 3. The number of fused-ring (bicyclic) bond motifs is 1. The first kappa shape index (κ1) is 18.4. The molecule has 2 heterocycles. The summed E-state index contributed by atoms with van der Waals surface area (Å²) in [4.78, 5) is 1.15. The molecule has 3 aromatic rings. The number of methoxy groups -OCH3 is 3. The molecule has 1 aromatic heterocycles. The number of furan rings is 1. The van der Waals surface area contributed by atoms with Gasteiger partial charge in [0, 0.05) is 4.90 Å². The van der Waals surface area contributed by atoms with E-state index in [0.717, 1.165) is 27.6 Å². The van der Waals surface area contributed by atoms with Gasteiger partial charge >= 0.3 is 0 Å². The Hall–Kier alpha value is -2.99. The Balaban J connectivity index is 1.84. The van der Waals surface area contributed by atoms with Crippen molar-refractivity contribution in [2.45, 2.75) is 10.1 Å². The van der Waals surface area contributed by atoms with Crippen LogP contribution in [0.25, 0.3) is 5.70 Å². The highest BCUT2D eigenvalue weighted by Gasteiger charge is 2.23. The molecule has 1 aliphatic rings. The van der Waals surface area contributed by atoms with Crippen LogP contribution in [0.15, 0.2) is 70.2 Å². The van der Waals surface area contributed by atoms with Gasteiger partial charge in [0.05, 0.1) is 44.2 Å². The third-order valence-electron chi connectivity index (χ3n) is 4.53. The molecule has 6 heteroatoms. The number of hydrogen-bond donors (Lipinski definition) is 1. The van der Waals surface area contributed by atoms with Crippen LogP contribution in [0.1, 0.15) is 16.6 Å². The molecule has 0 fully saturated rings. The van der Waals surface area contributed by atoms with Crippen LogP contribution in [0.2, 0.25) is 0 Å². The average Bonchev–Trinajstić information content (AvgIpc) is 3.20. The van der Waals surface area contributed by atoms with Crippen LogP contribution in [0.5, 0.6) is 17.2 Å². The Morgan fingerprint density at radius 3 is 2.32 bits per heavy atom. The van der Waals surface area contributed by atoms with Crippen molar-refractivity contribution in [3.05, 3.63) is 72.2 Å². The molecule has 1 atom stereocenters. The molecular formula is C22H21NO4S. The summed E-state index contributed by atoms with van der Waals surface area (Å²) in [6.07, 6.45) is 3.83. The van der Waals surface area contributed by atoms with Crippen molar-refractivity contribution >= 4 is 23.1 Å². The van der Waals surface area contributed by atoms with E-state index in [2.05, 4.69) is 23.5 Å². The summed E-state index contributed by atoms with van der Waals surface area (Å²) in [6, 6.07) is 16.0. The fraction of sp³-hybridized carbons (Fsp3) is 0.182. The van der Waals surface area contributed by atoms with Crippen molar-refractivity contribution in [1.82, 2.24) is 0 Å². The summed E-state index contributed by atoms with van der Waals surface area (Å²) in [5.41, 5.74) is 3.01. The zero-order chi connectivity index (χ0) is 19.5. The van der Waals surface area contributed by atoms with E-state index in [0.29, 0.717) is 17.2 Å². The van der Waals surface area contributed by atoms with E-state index in [9.17, 15) is 0 Å². The molecule has 28 heavy (non-hydrogen) atoms. The minimum Gasteiger partial charge on any atom is -0.493 e. The van der Waals surface area contributed by atoms with Crippen LogP contribution < -0.4 is 19.5 Å². The predicted molar refractivity (Wildman–Crippen MR) is 111 cm³/mol. The largest absolute Gasteiger partial charge is 0.493 e. The fourth-order valence-corrected chi connectivity index (χ4v) is 4.34. The number of para-hydroxylation sites is 1. The Bertz CT molecular complexity index is 973. The second kappa shape index (κ2) is 7.94. The van der Waals surface area contributed by atoms with Gasteiger partial charge in [0.2, 0.25) is 5.75 Å². The van der Waals surface area contributed by atoms with Crippen LogP contribution in [0.4, 0.5) is 5.69 Å². The quantitative estimate of drug-likeness (QED) is 0.606. The fourth-order valence-electron chi connectivity index (χ4n) is 3.19. The molecule has 1 aliphatic heterocycles. The van der Waals surface area contributed by atoms with Crippen LogP contribution in [0.3, 0.4) is 0 Å². The topological polar surface area (TPSA) is 52.9 Å². The standard InChI is InChI=1S/C22H21NO4S/c1-24-18-11-14(12-19(25-2)22(18)26-3)21-13-16(17-8-6-10-27-17)23-15-7-4-5-9-20(15)28-21/h4-13,21,23H,1-3H3. The monoisotopic (exact) mass is 395 g/mol. The SMILES string of the molecule is COc1cc(C2C=C(c3ccco3)Nc3ccccc3S2)cc(OC)c1OC. The molecule has 0 bridgehead atoms. The average molecular weight is 395 g/mol. The number of rotatable bonds is 5. The minimum absolute atomic E-state index is 0.0185. The first-order valence-electron chi connectivity index (χ1n) is 8.81. The van der Waals surface area contributed by atoms with Gasteiger partial charge in [-0.15, -0.1) is 11.8 Å². The van der Waals surface area contributed by atoms with Crippen molar-refractivity contribution in [3.8, 4) is 17.2 Å². The molecular weight excluding hydrogens is 374 g/mol. The van der Waals surface area contributed by atoms with Gasteiger partial charge in [-0.1, -0.05) is 12.1 Å². The molecule has 0 radical (unpaired) electrons. The number of benzene rings is 2. The van der Waals surface area contributed by atoms with E-state index in [1.807, 2.05) is 36.4 Å². The molecule has 0 amide bonds. The number of anilines is 1. The second-order valence-corrected chi connectivity index (χ2v) is 7.36. The summed E-state index contributed by atoms with van der Waals surface area (Å²) in [5.74, 6) is 2.64. The summed E-state index contributed by atoms with van der Waals surface area (Å²) in [6.45, 7) is 0. The number of nitrogens with one attached hydrogen (secondary N) is 1. The lowest BCUT2D eigenvalue weighted by atomic mass is 10.1. The third kappa shape index (κ3) is 3.43. The van der Waals surface area contributed by atoms with Crippen LogP contribution >= 0.6 is 11.8 Å². The lowest BCUT2D eigenvalue weighted by Crippen LogP contribution is -2.00. The van der Waals surface area contributed by atoms with Crippen LogP contribution in [-0.2, 0) is 0 Å². The molecule has 4 rings (SSSR count). The van der Waals surface area contributed by atoms with Gasteiger partial charge in [-0.25, -0.2) is 0 Å². The van der Waals surface area contributed by atoms with Gasteiger partial charge in [0.25, 0.3) is 0 Å². The lowest BCUT2D eigenvalue weighted by Gasteiger charge is -2.18. The molecule has 0 spiro atoms. The van der Waals surface area contributed by atoms with Crippen molar-refractivity contribution < 1.29 is 18.6 Å². The highest BCUT2D eigenvalue weighted by Crippen LogP contribution is 2.48. The predicted octanol–water partition coefficient (Wildman–Crippen LogP) is 5.61. The Labute approximate surface area is 168 Å². The summed E-state index contributed by atoms with van der Waals surface area (Å²) in [7, 11) is 4.86. The van der Waals surface area contributed by atoms with Crippen molar-refractivity contribution in [3.63, 3.8) is 0 Å². The molecule has 0 aliphatic carbocycles. The van der Waals surface area contributed by atoms with Gasteiger partial charge in [0.15, 0.2) is 11.5 Å². The summed E-state index contributed by atoms with van der Waals surface area (Å²) < 4.78 is 22.2. The Morgan fingerprint density at radius 2 is 1.68 bits per heavy atom. The maximum Gasteiger partial charge on any atom is 0.203 e. The molecule has 144 valence electrons. The summed E-state index contributed by atoms with van der Waals surface area (Å²) in [5, 5.41) is 3.52. The number of hydrogen-bond acceptors (Lipinski definition) is 6. The van der Waals surface area contributed by atoms with Gasteiger partial charge in [-0.05, 0) is 48.0 Å². The maximum absolute atomic E-state index is 5.64.